The molecule has 0 saturated carbocycles. The van der Waals surface area contributed by atoms with Gasteiger partial charge in [-0.1, -0.05) is 0 Å². The molecule has 0 amide bonds. The number of alkyl halides is 10. The number of halogens is 10. The van der Waals surface area contributed by atoms with Gasteiger partial charge in [0.2, 0.25) is 0 Å². The van der Waals surface area contributed by atoms with Crippen LogP contribution in [0.3, 0.4) is 0 Å². The largest absolute Gasteiger partial charge is 2.00 e. The van der Waals surface area contributed by atoms with E-state index in [2.05, 4.69) is 0 Å². The summed E-state index contributed by atoms with van der Waals surface area (Å²) in [6, 6.07) is 0. The van der Waals surface area contributed by atoms with Gasteiger partial charge in [-0.3, -0.25) is 9.59 Å². The van der Waals surface area contributed by atoms with Gasteiger partial charge in [0.1, 0.15) is 22.4 Å². The minimum atomic E-state index is -6.13. The van der Waals surface area contributed by atoms with Crippen molar-refractivity contribution in [3.05, 3.63) is 0 Å². The second-order valence-corrected chi connectivity index (χ2v) is 10.4. The number of rotatable bonds is 6. The van der Waals surface area contributed by atoms with Crippen molar-refractivity contribution in [1.29, 1.82) is 0 Å². The van der Waals surface area contributed by atoms with E-state index in [4.69, 9.17) is 10.2 Å². The van der Waals surface area contributed by atoms with Gasteiger partial charge in [0.25, 0.3) is 0 Å². The first-order valence-electron chi connectivity index (χ1n) is 10.6. The van der Waals surface area contributed by atoms with Crippen molar-refractivity contribution in [2.24, 2.45) is 10.8 Å². The predicted octanol–water partition coefficient (Wildman–Crippen LogP) is 2.61. The van der Waals surface area contributed by atoms with Gasteiger partial charge in [0, 0.05) is 0 Å². The van der Waals surface area contributed by atoms with Gasteiger partial charge >= 0.3 is 45.9 Å². The van der Waals surface area contributed by atoms with Gasteiger partial charge in [0.15, 0.2) is 0 Å². The van der Waals surface area contributed by atoms with E-state index in [1.165, 1.54) is 0 Å². The van der Waals surface area contributed by atoms with Crippen molar-refractivity contribution in [2.45, 2.75) is 105 Å². The number of aliphatic carboxylic acids is 2. The molecule has 0 aliphatic heterocycles. The number of carboxylic acids is 2. The number of hydrogen-bond donors (Lipinski definition) is 2. The Balaban J connectivity index is -0.000000156. The molecule has 8 nitrogen and oxygen atoms in total. The SMILES string of the molecule is CC(=O)C(C)(C(=O)[O-])C(F)(F)C(F)(F)F.CC(=O)C(C)(C(=O)[O-])C(F)(F)C(F)(F)F.CC(C)(C)O.CC(C)(C)O.[Ti+2]. The standard InChI is InChI=1S/2C7H7F5O3.2C4H10O.Ti/c2*1-3(13)5(2,4(14)15)6(8,9)7(10,11)12;2*1-4(2,3)5;/h2*1-2H3,(H,14,15);2*5H,1-3H3;/q;;;;+2/p-2. The summed E-state index contributed by atoms with van der Waals surface area (Å²) in [5.74, 6) is -20.5. The van der Waals surface area contributed by atoms with Crippen LogP contribution >= 0.6 is 0 Å². The van der Waals surface area contributed by atoms with Crippen LogP contribution in [0.2, 0.25) is 0 Å². The first-order chi connectivity index (χ1) is 16.8. The molecule has 0 aromatic rings. The van der Waals surface area contributed by atoms with Crippen molar-refractivity contribution in [3.63, 3.8) is 0 Å². The van der Waals surface area contributed by atoms with Crippen LogP contribution in [0.1, 0.15) is 69.2 Å². The summed E-state index contributed by atoms with van der Waals surface area (Å²) in [7, 11) is 0. The average molecular weight is 662 g/mol. The summed E-state index contributed by atoms with van der Waals surface area (Å²) in [6.07, 6.45) is -12.3. The molecule has 242 valence electrons. The Morgan fingerprint density at radius 1 is 0.488 bits per heavy atom. The number of Topliss-reactive ketones (excluding diaryl/α,β-unsaturated/α-hetero) is 2. The van der Waals surface area contributed by atoms with Crippen LogP contribution < -0.4 is 10.2 Å². The van der Waals surface area contributed by atoms with E-state index < -0.39 is 69.7 Å². The van der Waals surface area contributed by atoms with Gasteiger partial charge in [-0.2, -0.15) is 43.9 Å². The first-order valence-corrected chi connectivity index (χ1v) is 10.6. The normalized spacial score (nSPS) is 15.4. The van der Waals surface area contributed by atoms with Crippen LogP contribution in [0.15, 0.2) is 0 Å². The van der Waals surface area contributed by atoms with Gasteiger partial charge < -0.3 is 30.0 Å². The van der Waals surface area contributed by atoms with Crippen molar-refractivity contribution >= 4 is 23.5 Å². The Kier molecular flexibility index (Phi) is 18.6. The maximum absolute atomic E-state index is 12.7. The molecular weight excluding hydrogens is 630 g/mol. The first kappa shape index (κ1) is 48.9. The van der Waals surface area contributed by atoms with Gasteiger partial charge in [-0.05, 0) is 69.2 Å². The summed E-state index contributed by atoms with van der Waals surface area (Å²) in [5.41, 5.74) is -8.82. The molecule has 0 aliphatic carbocycles. The molecule has 0 aliphatic rings. The molecule has 0 bridgehead atoms. The Labute approximate surface area is 244 Å². The number of aliphatic hydroxyl groups is 2. The maximum atomic E-state index is 12.7. The molecule has 0 radical (unpaired) electrons. The molecule has 0 aromatic carbocycles. The third-order valence-corrected chi connectivity index (χ3v) is 4.19. The average Bonchev–Trinajstić information content (AvgIpc) is 2.61. The molecule has 2 atom stereocenters. The molecule has 19 heteroatoms. The zero-order chi connectivity index (χ0) is 34.3. The third kappa shape index (κ3) is 14.8. The minimum absolute atomic E-state index is 0. The fourth-order valence-corrected chi connectivity index (χ4v) is 1.55. The van der Waals surface area contributed by atoms with E-state index in [-0.39, 0.29) is 35.6 Å². The van der Waals surface area contributed by atoms with Gasteiger partial charge in [-0.25, -0.2) is 0 Å². The number of carbonyl (C=O) groups excluding carboxylic acids is 4. The molecular formula is C22H32F10O8Ti. The zero-order valence-electron chi connectivity index (χ0n) is 23.6. The van der Waals surface area contributed by atoms with E-state index in [9.17, 15) is 73.3 Å². The maximum Gasteiger partial charge on any atom is 2.00 e. The van der Waals surface area contributed by atoms with Crippen LogP contribution in [-0.2, 0) is 40.9 Å². The Morgan fingerprint density at radius 2 is 0.610 bits per heavy atom. The summed E-state index contributed by atoms with van der Waals surface area (Å²) in [6.45, 7) is 11.1. The second kappa shape index (κ2) is 15.6. The monoisotopic (exact) mass is 662 g/mol. The fraction of sp³-hybridized carbons (Fsp3) is 0.818. The Morgan fingerprint density at radius 3 is 0.634 bits per heavy atom. The van der Waals surface area contributed by atoms with Crippen LogP contribution in [0.4, 0.5) is 43.9 Å². The van der Waals surface area contributed by atoms with Crippen LogP contribution in [0, 0.1) is 10.8 Å². The number of carbonyl (C=O) groups is 4. The fourth-order valence-electron chi connectivity index (χ4n) is 1.55. The number of ketones is 2. The van der Waals surface area contributed by atoms with E-state index >= 15 is 0 Å². The predicted molar refractivity (Wildman–Crippen MR) is 114 cm³/mol. The van der Waals surface area contributed by atoms with Crippen LogP contribution in [0.25, 0.3) is 0 Å². The Bertz CT molecular complexity index is 775. The summed E-state index contributed by atoms with van der Waals surface area (Å²) < 4.78 is 122. The summed E-state index contributed by atoms with van der Waals surface area (Å²) in [5, 5.41) is 37.5. The molecule has 2 N–H and O–H groups in total. The van der Waals surface area contributed by atoms with E-state index in [1.807, 2.05) is 0 Å². The molecule has 0 rings (SSSR count). The molecule has 0 fully saturated rings. The van der Waals surface area contributed by atoms with Crippen LogP contribution in [-0.4, -0.2) is 69.1 Å². The molecule has 0 heterocycles. The van der Waals surface area contributed by atoms with Crippen molar-refractivity contribution < 1.29 is 105 Å². The zero-order valence-corrected chi connectivity index (χ0v) is 25.2. The van der Waals surface area contributed by atoms with Crippen LogP contribution in [0.5, 0.6) is 0 Å². The molecule has 0 spiro atoms. The third-order valence-electron chi connectivity index (χ3n) is 4.19. The topological polar surface area (TPSA) is 155 Å². The van der Waals surface area contributed by atoms with Gasteiger partial charge in [-0.15, -0.1) is 0 Å². The van der Waals surface area contributed by atoms with Crippen molar-refractivity contribution in [1.82, 2.24) is 0 Å². The Hall–Kier alpha value is -1.79. The number of carboxylic acid groups (broad SMARTS) is 2. The van der Waals surface area contributed by atoms with E-state index in [0.717, 1.165) is 0 Å². The molecule has 41 heavy (non-hydrogen) atoms. The molecule has 2 unspecified atom stereocenters. The number of hydrogen-bond acceptors (Lipinski definition) is 8. The summed E-state index contributed by atoms with van der Waals surface area (Å²) in [4.78, 5) is 41.7. The smallest absolute Gasteiger partial charge is 0.549 e. The van der Waals surface area contributed by atoms with E-state index in [0.29, 0.717) is 13.8 Å². The molecule has 0 aromatic heterocycles. The quantitative estimate of drug-likeness (QED) is 0.250. The minimum Gasteiger partial charge on any atom is -0.549 e. The van der Waals surface area contributed by atoms with E-state index in [1.54, 1.807) is 41.5 Å². The molecule has 0 saturated heterocycles. The second-order valence-electron chi connectivity index (χ2n) is 10.4. The van der Waals surface area contributed by atoms with Crippen molar-refractivity contribution in [3.8, 4) is 0 Å². The summed E-state index contributed by atoms with van der Waals surface area (Å²) >= 11 is 0. The van der Waals surface area contributed by atoms with Gasteiger partial charge in [0.05, 0.1) is 23.1 Å². The van der Waals surface area contributed by atoms with Crippen molar-refractivity contribution in [2.75, 3.05) is 0 Å².